The average Bonchev–Trinajstić information content (AvgIpc) is 2.24. The highest BCUT2D eigenvalue weighted by atomic mass is 14.9. The van der Waals surface area contributed by atoms with Gasteiger partial charge in [-0.2, -0.15) is 0 Å². The highest BCUT2D eigenvalue weighted by Gasteiger charge is 2.30. The van der Waals surface area contributed by atoms with Crippen molar-refractivity contribution in [2.75, 3.05) is 6.54 Å². The molecule has 1 N–H and O–H groups in total. The van der Waals surface area contributed by atoms with Crippen LogP contribution in [0.3, 0.4) is 0 Å². The number of hydrogen-bond donors (Lipinski definition) is 1. The van der Waals surface area contributed by atoms with Crippen LogP contribution in [0.25, 0.3) is 0 Å². The molecule has 0 aliphatic heterocycles. The molecule has 1 nitrogen and oxygen atoms in total. The van der Waals surface area contributed by atoms with Crippen molar-refractivity contribution in [3.63, 3.8) is 0 Å². The molecule has 1 rings (SSSR count). The van der Waals surface area contributed by atoms with E-state index in [2.05, 4.69) is 39.9 Å². The van der Waals surface area contributed by atoms with Crippen molar-refractivity contribution in [1.29, 1.82) is 0 Å². The van der Waals surface area contributed by atoms with E-state index in [9.17, 15) is 0 Å². The van der Waals surface area contributed by atoms with Crippen molar-refractivity contribution >= 4 is 0 Å². The fraction of sp³-hybridized carbons (Fsp3) is 1.00. The molecule has 17 heavy (non-hydrogen) atoms. The lowest BCUT2D eigenvalue weighted by Crippen LogP contribution is -2.39. The van der Waals surface area contributed by atoms with Gasteiger partial charge in [-0.15, -0.1) is 0 Å². The Morgan fingerprint density at radius 2 is 1.71 bits per heavy atom. The molecule has 0 bridgehead atoms. The van der Waals surface area contributed by atoms with E-state index in [0.29, 0.717) is 5.41 Å². The number of nitrogens with one attached hydrogen (secondary N) is 1. The van der Waals surface area contributed by atoms with E-state index in [-0.39, 0.29) is 0 Å². The van der Waals surface area contributed by atoms with Crippen LogP contribution in [0.1, 0.15) is 73.1 Å². The summed E-state index contributed by atoms with van der Waals surface area (Å²) in [6, 6.07) is 0.776. The predicted molar refractivity (Wildman–Crippen MR) is 77.3 cm³/mol. The lowest BCUT2D eigenvalue weighted by Gasteiger charge is -2.38. The first-order valence-electron chi connectivity index (χ1n) is 7.68. The smallest absolute Gasteiger partial charge is 0.00953 e. The third-order valence-electron chi connectivity index (χ3n) is 4.47. The van der Waals surface area contributed by atoms with E-state index >= 15 is 0 Å². The van der Waals surface area contributed by atoms with Gasteiger partial charge in [0.25, 0.3) is 0 Å². The Hall–Kier alpha value is -0.0400. The van der Waals surface area contributed by atoms with Crippen molar-refractivity contribution in [2.24, 2.45) is 17.3 Å². The molecule has 1 fully saturated rings. The Balaban J connectivity index is 2.42. The summed E-state index contributed by atoms with van der Waals surface area (Å²) >= 11 is 0. The van der Waals surface area contributed by atoms with Crippen LogP contribution in [0.5, 0.6) is 0 Å². The van der Waals surface area contributed by atoms with Gasteiger partial charge in [-0.3, -0.25) is 0 Å². The second-order valence-electron chi connectivity index (χ2n) is 7.14. The molecule has 0 aromatic heterocycles. The Bertz CT molecular complexity index is 198. The minimum absolute atomic E-state index is 0.602. The van der Waals surface area contributed by atoms with Gasteiger partial charge in [-0.1, -0.05) is 34.6 Å². The molecule has 102 valence electrons. The molecule has 1 atom stereocenters. The summed E-state index contributed by atoms with van der Waals surface area (Å²) in [4.78, 5) is 0. The van der Waals surface area contributed by atoms with Crippen LogP contribution >= 0.6 is 0 Å². The first-order valence-corrected chi connectivity index (χ1v) is 7.68. The maximum atomic E-state index is 3.74. The third-order valence-corrected chi connectivity index (χ3v) is 4.47. The Labute approximate surface area is 109 Å². The predicted octanol–water partition coefficient (Wildman–Crippen LogP) is 4.62. The van der Waals surface area contributed by atoms with E-state index in [4.69, 9.17) is 0 Å². The summed E-state index contributed by atoms with van der Waals surface area (Å²) in [6.07, 6.45) is 8.45. The van der Waals surface area contributed by atoms with E-state index in [1.54, 1.807) is 0 Å². The first kappa shape index (κ1) is 15.0. The third kappa shape index (κ3) is 5.42. The van der Waals surface area contributed by atoms with Gasteiger partial charge in [-0.25, -0.2) is 0 Å². The molecule has 1 saturated carbocycles. The molecular weight excluding hydrogens is 206 g/mol. The summed E-state index contributed by atoms with van der Waals surface area (Å²) in [6.45, 7) is 12.9. The normalized spacial score (nSPS) is 22.9. The molecular formula is C16H33N. The van der Waals surface area contributed by atoms with Crippen molar-refractivity contribution in [3.8, 4) is 0 Å². The molecule has 0 radical (unpaired) electrons. The Morgan fingerprint density at radius 1 is 1.12 bits per heavy atom. The van der Waals surface area contributed by atoms with Crippen LogP contribution in [0, 0.1) is 17.3 Å². The summed E-state index contributed by atoms with van der Waals surface area (Å²) in [5.74, 6) is 1.78. The summed E-state index contributed by atoms with van der Waals surface area (Å²) in [7, 11) is 0. The van der Waals surface area contributed by atoms with Crippen LogP contribution in [0.15, 0.2) is 0 Å². The monoisotopic (exact) mass is 239 g/mol. The largest absolute Gasteiger partial charge is 0.314 e. The first-order chi connectivity index (χ1) is 7.94. The molecule has 1 heteroatoms. The van der Waals surface area contributed by atoms with Gasteiger partial charge in [0.15, 0.2) is 0 Å². The molecule has 1 unspecified atom stereocenters. The van der Waals surface area contributed by atoms with Crippen molar-refractivity contribution in [2.45, 2.75) is 79.2 Å². The van der Waals surface area contributed by atoms with Gasteiger partial charge < -0.3 is 5.32 Å². The summed E-state index contributed by atoms with van der Waals surface area (Å²) < 4.78 is 0. The molecule has 1 aliphatic carbocycles. The highest BCUT2D eigenvalue weighted by Crippen LogP contribution is 2.39. The van der Waals surface area contributed by atoms with Crippen LogP contribution < -0.4 is 5.32 Å². The minimum Gasteiger partial charge on any atom is -0.314 e. The second kappa shape index (κ2) is 6.78. The molecule has 0 amide bonds. The molecule has 0 aromatic carbocycles. The maximum Gasteiger partial charge on any atom is 0.00953 e. The lowest BCUT2D eigenvalue weighted by atomic mass is 9.70. The van der Waals surface area contributed by atoms with Gasteiger partial charge in [-0.05, 0) is 62.3 Å². The zero-order valence-electron chi connectivity index (χ0n) is 12.7. The van der Waals surface area contributed by atoms with Gasteiger partial charge in [0.05, 0.1) is 0 Å². The second-order valence-corrected chi connectivity index (χ2v) is 7.14. The highest BCUT2D eigenvalue weighted by molar-refractivity contribution is 4.85. The average molecular weight is 239 g/mol. The van der Waals surface area contributed by atoms with Gasteiger partial charge in [0.2, 0.25) is 0 Å². The molecule has 1 aliphatic rings. The van der Waals surface area contributed by atoms with Gasteiger partial charge in [0, 0.05) is 6.04 Å². The molecule has 0 spiro atoms. The Kier molecular flexibility index (Phi) is 5.99. The Morgan fingerprint density at radius 3 is 2.18 bits per heavy atom. The zero-order valence-corrected chi connectivity index (χ0v) is 12.7. The minimum atomic E-state index is 0.602. The molecule has 0 aromatic rings. The summed E-state index contributed by atoms with van der Waals surface area (Å²) in [5, 5.41) is 3.74. The van der Waals surface area contributed by atoms with Crippen molar-refractivity contribution in [1.82, 2.24) is 5.32 Å². The topological polar surface area (TPSA) is 12.0 Å². The standard InChI is InChI=1S/C16H33N/c1-6-17-15(8-7-13(2)3)14-9-11-16(4,5)12-10-14/h13-15,17H,6-12H2,1-5H3. The van der Waals surface area contributed by atoms with E-state index < -0.39 is 0 Å². The summed E-state index contributed by atoms with van der Waals surface area (Å²) in [5.41, 5.74) is 0.602. The van der Waals surface area contributed by atoms with Gasteiger partial charge in [0.1, 0.15) is 0 Å². The van der Waals surface area contributed by atoms with E-state index in [1.165, 1.54) is 38.5 Å². The van der Waals surface area contributed by atoms with Crippen LogP contribution in [0.4, 0.5) is 0 Å². The van der Waals surface area contributed by atoms with Crippen LogP contribution in [-0.4, -0.2) is 12.6 Å². The fourth-order valence-corrected chi connectivity index (χ4v) is 3.10. The molecule has 0 saturated heterocycles. The quantitative estimate of drug-likeness (QED) is 0.713. The maximum absolute atomic E-state index is 3.74. The zero-order chi connectivity index (χ0) is 12.9. The van der Waals surface area contributed by atoms with Crippen LogP contribution in [-0.2, 0) is 0 Å². The van der Waals surface area contributed by atoms with E-state index in [0.717, 1.165) is 24.4 Å². The number of rotatable bonds is 6. The van der Waals surface area contributed by atoms with Gasteiger partial charge >= 0.3 is 0 Å². The van der Waals surface area contributed by atoms with Crippen molar-refractivity contribution in [3.05, 3.63) is 0 Å². The number of hydrogen-bond acceptors (Lipinski definition) is 1. The fourth-order valence-electron chi connectivity index (χ4n) is 3.10. The van der Waals surface area contributed by atoms with Crippen molar-refractivity contribution < 1.29 is 0 Å². The van der Waals surface area contributed by atoms with Crippen LogP contribution in [0.2, 0.25) is 0 Å². The van der Waals surface area contributed by atoms with E-state index in [1.807, 2.05) is 0 Å². The lowest BCUT2D eigenvalue weighted by molar-refractivity contribution is 0.155. The SMILES string of the molecule is CCNC(CCC(C)C)C1CCC(C)(C)CC1. The molecule has 0 heterocycles.